The van der Waals surface area contributed by atoms with Gasteiger partial charge in [0.05, 0.1) is 12.3 Å². The highest BCUT2D eigenvalue weighted by molar-refractivity contribution is 8.01. The maximum atomic E-state index is 11.7. The summed E-state index contributed by atoms with van der Waals surface area (Å²) in [5, 5.41) is 4.29. The van der Waals surface area contributed by atoms with Gasteiger partial charge in [0.1, 0.15) is 0 Å². The third-order valence-corrected chi connectivity index (χ3v) is 2.88. The van der Waals surface area contributed by atoms with Crippen LogP contribution in [-0.2, 0) is 0 Å². The molecule has 1 atom stereocenters. The standard InChI is InChI=1S/C7H12F2N2S/c1-5-6(2-3-12-5)11-10-4-7(8)9/h5,7,10H,2-4H2,1H3/b11-6+. The first-order chi connectivity index (χ1) is 5.70. The molecule has 1 aliphatic rings. The Morgan fingerprint density at radius 2 is 2.50 bits per heavy atom. The summed E-state index contributed by atoms with van der Waals surface area (Å²) in [6.07, 6.45) is -1.40. The molecule has 1 rings (SSSR count). The SMILES string of the molecule is CC1SCC/C1=N\NCC(F)F. The smallest absolute Gasteiger partial charge is 0.257 e. The van der Waals surface area contributed by atoms with Gasteiger partial charge in [-0.1, -0.05) is 0 Å². The highest BCUT2D eigenvalue weighted by atomic mass is 32.2. The van der Waals surface area contributed by atoms with Crippen molar-refractivity contribution in [3.8, 4) is 0 Å². The van der Waals surface area contributed by atoms with Crippen LogP contribution in [0.2, 0.25) is 0 Å². The van der Waals surface area contributed by atoms with Crippen LogP contribution < -0.4 is 5.43 Å². The van der Waals surface area contributed by atoms with Crippen LogP contribution in [0.4, 0.5) is 8.78 Å². The molecular weight excluding hydrogens is 182 g/mol. The fourth-order valence-electron chi connectivity index (χ4n) is 1.00. The average molecular weight is 194 g/mol. The number of halogens is 2. The highest BCUT2D eigenvalue weighted by Gasteiger charge is 2.18. The number of thioether (sulfide) groups is 1. The third-order valence-electron chi connectivity index (χ3n) is 1.66. The van der Waals surface area contributed by atoms with Crippen molar-refractivity contribution in [1.82, 2.24) is 5.43 Å². The topological polar surface area (TPSA) is 24.4 Å². The zero-order chi connectivity index (χ0) is 8.97. The molecule has 0 amide bonds. The third kappa shape index (κ3) is 2.97. The molecular formula is C7H12F2N2S. The van der Waals surface area contributed by atoms with Crippen molar-refractivity contribution < 1.29 is 8.78 Å². The quantitative estimate of drug-likeness (QED) is 0.692. The molecule has 0 aliphatic carbocycles. The lowest BCUT2D eigenvalue weighted by Gasteiger charge is -2.03. The van der Waals surface area contributed by atoms with Crippen LogP contribution in [0.25, 0.3) is 0 Å². The van der Waals surface area contributed by atoms with Crippen LogP contribution in [0, 0.1) is 0 Å². The van der Waals surface area contributed by atoms with Crippen molar-refractivity contribution in [3.63, 3.8) is 0 Å². The van der Waals surface area contributed by atoms with Crippen molar-refractivity contribution in [2.45, 2.75) is 25.0 Å². The Bertz CT molecular complexity index is 173. The molecule has 0 aromatic rings. The minimum atomic E-state index is -2.32. The maximum Gasteiger partial charge on any atom is 0.257 e. The molecule has 5 heteroatoms. The molecule has 1 saturated heterocycles. The summed E-state index contributed by atoms with van der Waals surface area (Å²) in [4.78, 5) is 0. The molecule has 0 radical (unpaired) electrons. The van der Waals surface area contributed by atoms with Gasteiger partial charge in [-0.15, -0.1) is 0 Å². The van der Waals surface area contributed by atoms with E-state index in [1.54, 1.807) is 11.8 Å². The van der Waals surface area contributed by atoms with E-state index in [1.807, 2.05) is 6.92 Å². The van der Waals surface area contributed by atoms with Gasteiger partial charge in [-0.3, -0.25) is 0 Å². The number of hydrogen-bond donors (Lipinski definition) is 1. The van der Waals surface area contributed by atoms with E-state index in [0.29, 0.717) is 5.25 Å². The van der Waals surface area contributed by atoms with Crippen molar-refractivity contribution in [1.29, 1.82) is 0 Å². The molecule has 1 N–H and O–H groups in total. The van der Waals surface area contributed by atoms with Gasteiger partial charge >= 0.3 is 0 Å². The number of hydrogen-bond acceptors (Lipinski definition) is 3. The van der Waals surface area contributed by atoms with Crippen LogP contribution >= 0.6 is 11.8 Å². The molecule has 1 aliphatic heterocycles. The molecule has 1 unspecified atom stereocenters. The van der Waals surface area contributed by atoms with Crippen LogP contribution in [0.3, 0.4) is 0 Å². The summed E-state index contributed by atoms with van der Waals surface area (Å²) in [7, 11) is 0. The summed E-state index contributed by atoms with van der Waals surface area (Å²) in [5.74, 6) is 1.05. The van der Waals surface area contributed by atoms with Crippen LogP contribution in [-0.4, -0.2) is 29.7 Å². The number of alkyl halides is 2. The summed E-state index contributed by atoms with van der Waals surface area (Å²) in [6.45, 7) is 1.70. The second kappa shape index (κ2) is 4.64. The van der Waals surface area contributed by atoms with E-state index in [1.165, 1.54) is 0 Å². The van der Waals surface area contributed by atoms with E-state index in [9.17, 15) is 8.78 Å². The number of hydrazone groups is 1. The highest BCUT2D eigenvalue weighted by Crippen LogP contribution is 2.22. The number of nitrogens with one attached hydrogen (secondary N) is 1. The van der Waals surface area contributed by atoms with E-state index in [0.717, 1.165) is 17.9 Å². The summed E-state index contributed by atoms with van der Waals surface area (Å²) >= 11 is 1.81. The van der Waals surface area contributed by atoms with E-state index in [4.69, 9.17) is 0 Å². The number of nitrogens with zero attached hydrogens (tertiary/aromatic N) is 1. The van der Waals surface area contributed by atoms with E-state index >= 15 is 0 Å². The first-order valence-electron chi connectivity index (χ1n) is 3.89. The second-order valence-electron chi connectivity index (χ2n) is 2.62. The van der Waals surface area contributed by atoms with E-state index in [2.05, 4.69) is 10.5 Å². The minimum Gasteiger partial charge on any atom is -0.304 e. The van der Waals surface area contributed by atoms with Gasteiger partial charge in [0.15, 0.2) is 0 Å². The summed E-state index contributed by atoms with van der Waals surface area (Å²) in [6, 6.07) is 0. The molecule has 2 nitrogen and oxygen atoms in total. The second-order valence-corrected chi connectivity index (χ2v) is 4.07. The fraction of sp³-hybridized carbons (Fsp3) is 0.857. The Morgan fingerprint density at radius 3 is 3.00 bits per heavy atom. The fourth-order valence-corrected chi connectivity index (χ4v) is 2.05. The van der Waals surface area contributed by atoms with Crippen LogP contribution in [0.1, 0.15) is 13.3 Å². The molecule has 0 spiro atoms. The van der Waals surface area contributed by atoms with Crippen molar-refractivity contribution in [2.75, 3.05) is 12.3 Å². The van der Waals surface area contributed by atoms with Crippen molar-refractivity contribution >= 4 is 17.5 Å². The van der Waals surface area contributed by atoms with E-state index < -0.39 is 6.43 Å². The summed E-state index contributed by atoms with van der Waals surface area (Å²) in [5.41, 5.74) is 3.38. The van der Waals surface area contributed by atoms with Crippen LogP contribution in [0.15, 0.2) is 5.10 Å². The normalized spacial score (nSPS) is 27.0. The Hall–Kier alpha value is -0.320. The average Bonchev–Trinajstić information content (AvgIpc) is 2.36. The maximum absolute atomic E-state index is 11.7. The largest absolute Gasteiger partial charge is 0.304 e. The van der Waals surface area contributed by atoms with Gasteiger partial charge in [-0.25, -0.2) is 8.78 Å². The van der Waals surface area contributed by atoms with Gasteiger partial charge in [0, 0.05) is 5.25 Å². The Labute approximate surface area is 74.8 Å². The molecule has 0 bridgehead atoms. The van der Waals surface area contributed by atoms with Crippen LogP contribution in [0.5, 0.6) is 0 Å². The molecule has 0 saturated carbocycles. The minimum absolute atomic E-state index is 0.346. The Balaban J connectivity index is 2.26. The predicted octanol–water partition coefficient (Wildman–Crippen LogP) is 1.72. The summed E-state index contributed by atoms with van der Waals surface area (Å²) < 4.78 is 23.3. The molecule has 1 heterocycles. The van der Waals surface area contributed by atoms with Crippen molar-refractivity contribution in [3.05, 3.63) is 0 Å². The van der Waals surface area contributed by atoms with Gasteiger partial charge < -0.3 is 5.43 Å². The van der Waals surface area contributed by atoms with Gasteiger partial charge in [-0.2, -0.15) is 16.9 Å². The molecule has 1 fully saturated rings. The molecule has 70 valence electrons. The zero-order valence-corrected chi connectivity index (χ0v) is 7.70. The first-order valence-corrected chi connectivity index (χ1v) is 4.94. The monoisotopic (exact) mass is 194 g/mol. The van der Waals surface area contributed by atoms with Gasteiger partial charge in [0.2, 0.25) is 0 Å². The van der Waals surface area contributed by atoms with Gasteiger partial charge in [0.25, 0.3) is 6.43 Å². The Morgan fingerprint density at radius 1 is 1.75 bits per heavy atom. The van der Waals surface area contributed by atoms with Gasteiger partial charge in [-0.05, 0) is 19.1 Å². The molecule has 0 aromatic heterocycles. The Kier molecular flexibility index (Phi) is 3.78. The van der Waals surface area contributed by atoms with E-state index in [-0.39, 0.29) is 6.54 Å². The predicted molar refractivity (Wildman–Crippen MR) is 48.0 cm³/mol. The number of rotatable bonds is 3. The lowest BCUT2D eigenvalue weighted by Crippen LogP contribution is -2.19. The molecule has 12 heavy (non-hydrogen) atoms. The zero-order valence-electron chi connectivity index (χ0n) is 6.89. The molecule has 0 aromatic carbocycles. The first kappa shape index (κ1) is 9.77. The van der Waals surface area contributed by atoms with Crippen molar-refractivity contribution in [2.24, 2.45) is 5.10 Å². The lowest BCUT2D eigenvalue weighted by atomic mass is 10.2. The lowest BCUT2D eigenvalue weighted by molar-refractivity contribution is 0.146.